The minimum atomic E-state index is -6.30. The van der Waals surface area contributed by atoms with Crippen LogP contribution >= 0.6 is 0 Å². The number of ether oxygens (including phenoxy) is 1. The van der Waals surface area contributed by atoms with Gasteiger partial charge in [0.1, 0.15) is 0 Å². The Kier molecular flexibility index (Phi) is 3.37. The van der Waals surface area contributed by atoms with Gasteiger partial charge in [-0.3, -0.25) is 0 Å². The molecule has 1 unspecified atom stereocenters. The zero-order valence-corrected chi connectivity index (χ0v) is 6.51. The molecular weight excluding hydrogens is 228 g/mol. The van der Waals surface area contributed by atoms with Crippen molar-refractivity contribution in [3.8, 4) is 0 Å². The third-order valence-corrected chi connectivity index (χ3v) is 1.24. The minimum Gasteiger partial charge on any atom is -0.366 e. The molecule has 0 aromatic rings. The second kappa shape index (κ2) is 3.52. The van der Waals surface area contributed by atoms with E-state index in [2.05, 4.69) is 4.74 Å². The molecule has 0 aromatic heterocycles. The first-order valence-electron chi connectivity index (χ1n) is 2.98. The molecule has 0 amide bonds. The molecule has 0 heterocycles. The smallest absolute Gasteiger partial charge is 0.366 e. The van der Waals surface area contributed by atoms with Crippen LogP contribution in [0, 0.1) is 0 Å². The Labute approximate surface area is 72.6 Å². The summed E-state index contributed by atoms with van der Waals surface area (Å²) in [7, 11) is 0.123. The van der Waals surface area contributed by atoms with E-state index in [0.29, 0.717) is 0 Å². The first-order chi connectivity index (χ1) is 5.94. The van der Waals surface area contributed by atoms with Crippen molar-refractivity contribution in [2.24, 2.45) is 0 Å². The molecule has 1 atom stereocenters. The lowest BCUT2D eigenvalue weighted by atomic mass is 10.1. The summed E-state index contributed by atoms with van der Waals surface area (Å²) >= 11 is 0. The highest BCUT2D eigenvalue weighted by Crippen LogP contribution is 2.44. The van der Waals surface area contributed by atoms with Crippen molar-refractivity contribution in [3.05, 3.63) is 0 Å². The molecule has 0 aliphatic heterocycles. The third kappa shape index (κ3) is 2.46. The van der Waals surface area contributed by atoms with Crippen LogP contribution < -0.4 is 0 Å². The van der Waals surface area contributed by atoms with E-state index in [4.69, 9.17) is 0 Å². The number of hydrogen-bond donors (Lipinski definition) is 0. The second-order valence-corrected chi connectivity index (χ2v) is 2.28. The molecule has 0 aliphatic carbocycles. The summed E-state index contributed by atoms with van der Waals surface area (Å²) in [5, 5.41) is 0. The van der Waals surface area contributed by atoms with Crippen LogP contribution in [0.25, 0.3) is 0 Å². The average molecular weight is 232 g/mol. The molecule has 9 heteroatoms. The molecule has 1 nitrogen and oxygen atoms in total. The maximum absolute atomic E-state index is 12.1. The van der Waals surface area contributed by atoms with Crippen LogP contribution in [0.4, 0.5) is 35.1 Å². The van der Waals surface area contributed by atoms with Gasteiger partial charge in [0.05, 0.1) is 0 Å². The van der Waals surface area contributed by atoms with Gasteiger partial charge in [0.2, 0.25) is 6.10 Å². The molecule has 0 saturated heterocycles. The predicted octanol–water partition coefficient (Wildman–Crippen LogP) is 2.76. The molecule has 0 bridgehead atoms. The van der Waals surface area contributed by atoms with Crippen molar-refractivity contribution >= 4 is 0 Å². The molecule has 0 aliphatic rings. The Morgan fingerprint density at radius 2 is 1.21 bits per heavy atom. The zero-order valence-electron chi connectivity index (χ0n) is 6.51. The van der Waals surface area contributed by atoms with E-state index in [9.17, 15) is 35.1 Å². The van der Waals surface area contributed by atoms with Crippen LogP contribution in [-0.4, -0.2) is 31.5 Å². The van der Waals surface area contributed by atoms with Gasteiger partial charge in [0, 0.05) is 7.11 Å². The first-order valence-corrected chi connectivity index (χ1v) is 2.98. The van der Waals surface area contributed by atoms with Gasteiger partial charge in [-0.1, -0.05) is 0 Å². The van der Waals surface area contributed by atoms with Gasteiger partial charge in [0.15, 0.2) is 0 Å². The Hall–Kier alpha value is -0.600. The molecule has 0 fully saturated rings. The van der Waals surface area contributed by atoms with E-state index in [-0.39, 0.29) is 7.11 Å². The maximum Gasteiger partial charge on any atom is 0.456 e. The first kappa shape index (κ1) is 13.4. The highest BCUT2D eigenvalue weighted by Gasteiger charge is 2.70. The van der Waals surface area contributed by atoms with E-state index in [1.165, 1.54) is 0 Å². The van der Waals surface area contributed by atoms with Crippen molar-refractivity contribution in [2.45, 2.75) is 24.4 Å². The lowest BCUT2D eigenvalue weighted by Gasteiger charge is -2.28. The number of alkyl halides is 8. The molecular formula is C5H4F8O. The summed E-state index contributed by atoms with van der Waals surface area (Å²) in [6, 6.07) is 0. The van der Waals surface area contributed by atoms with Crippen LogP contribution in [0.5, 0.6) is 0 Å². The molecule has 0 N–H and O–H groups in total. The molecule has 0 saturated carbocycles. The van der Waals surface area contributed by atoms with Gasteiger partial charge in [-0.15, -0.1) is 0 Å². The van der Waals surface area contributed by atoms with Gasteiger partial charge in [-0.25, -0.2) is 0 Å². The topological polar surface area (TPSA) is 9.23 Å². The van der Waals surface area contributed by atoms with Gasteiger partial charge in [0.25, 0.3) is 0 Å². The zero-order chi connectivity index (χ0) is 11.8. The molecule has 0 radical (unpaired) electrons. The quantitative estimate of drug-likeness (QED) is 0.665. The molecule has 0 spiro atoms. The molecule has 0 aromatic carbocycles. The molecule has 0 rings (SSSR count). The number of methoxy groups -OCH3 is 1. The normalized spacial score (nSPS) is 16.9. The van der Waals surface area contributed by atoms with Gasteiger partial charge in [-0.2, -0.15) is 35.1 Å². The molecule has 86 valence electrons. The third-order valence-electron chi connectivity index (χ3n) is 1.24. The van der Waals surface area contributed by atoms with E-state index >= 15 is 0 Å². The number of hydrogen-bond acceptors (Lipinski definition) is 1. The SMILES string of the molecule is COC(C(F)(F)F)C(F)(F)C(F)(F)F. The number of halogens is 8. The van der Waals surface area contributed by atoms with Crippen molar-refractivity contribution in [1.29, 1.82) is 0 Å². The summed E-state index contributed by atoms with van der Waals surface area (Å²) in [5.74, 6) is -5.96. The van der Waals surface area contributed by atoms with Crippen molar-refractivity contribution in [3.63, 3.8) is 0 Å². The van der Waals surface area contributed by atoms with Crippen molar-refractivity contribution in [1.82, 2.24) is 0 Å². The van der Waals surface area contributed by atoms with E-state index in [1.807, 2.05) is 0 Å². The average Bonchev–Trinajstić information content (AvgIpc) is 1.80. The summed E-state index contributed by atoms with van der Waals surface area (Å²) in [4.78, 5) is 0. The Balaban J connectivity index is 5.04. The fraction of sp³-hybridized carbons (Fsp3) is 1.00. The van der Waals surface area contributed by atoms with Crippen molar-refractivity contribution in [2.75, 3.05) is 7.11 Å². The van der Waals surface area contributed by atoms with Crippen LogP contribution in [0.15, 0.2) is 0 Å². The fourth-order valence-electron chi connectivity index (χ4n) is 0.636. The Morgan fingerprint density at radius 3 is 1.29 bits per heavy atom. The minimum absolute atomic E-state index is 0.123. The van der Waals surface area contributed by atoms with Crippen LogP contribution in [0.2, 0.25) is 0 Å². The van der Waals surface area contributed by atoms with E-state index in [1.54, 1.807) is 0 Å². The maximum atomic E-state index is 12.1. The largest absolute Gasteiger partial charge is 0.456 e. The van der Waals surface area contributed by atoms with Crippen LogP contribution in [0.3, 0.4) is 0 Å². The summed E-state index contributed by atoms with van der Waals surface area (Å²) in [6.45, 7) is 0. The lowest BCUT2D eigenvalue weighted by Crippen LogP contribution is -2.54. The van der Waals surface area contributed by atoms with E-state index in [0.717, 1.165) is 0 Å². The predicted molar refractivity (Wildman–Crippen MR) is 27.9 cm³/mol. The summed E-state index contributed by atoms with van der Waals surface area (Å²) in [6.07, 6.45) is -16.3. The Bertz CT molecular complexity index is 191. The monoisotopic (exact) mass is 232 g/mol. The van der Waals surface area contributed by atoms with Crippen molar-refractivity contribution < 1.29 is 39.9 Å². The second-order valence-electron chi connectivity index (χ2n) is 2.28. The van der Waals surface area contributed by atoms with Crippen LogP contribution in [0.1, 0.15) is 0 Å². The van der Waals surface area contributed by atoms with Gasteiger partial charge >= 0.3 is 18.3 Å². The lowest BCUT2D eigenvalue weighted by molar-refractivity contribution is -0.363. The fourth-order valence-corrected chi connectivity index (χ4v) is 0.636. The van der Waals surface area contributed by atoms with E-state index < -0.39 is 24.4 Å². The number of rotatable bonds is 2. The summed E-state index contributed by atoms with van der Waals surface area (Å²) < 4.78 is 96.7. The molecule has 14 heavy (non-hydrogen) atoms. The standard InChI is InChI=1S/C5H4F8O/c1-14-2(4(8,9)10)3(6,7)5(11,12)13/h2H,1H3. The van der Waals surface area contributed by atoms with Gasteiger partial charge in [-0.05, 0) is 0 Å². The highest BCUT2D eigenvalue weighted by molar-refractivity contribution is 4.89. The van der Waals surface area contributed by atoms with Crippen LogP contribution in [-0.2, 0) is 4.74 Å². The summed E-state index contributed by atoms with van der Waals surface area (Å²) in [5.41, 5.74) is 0. The Morgan fingerprint density at radius 1 is 0.857 bits per heavy atom. The van der Waals surface area contributed by atoms with Gasteiger partial charge < -0.3 is 4.74 Å². The highest BCUT2D eigenvalue weighted by atomic mass is 19.4.